The van der Waals surface area contributed by atoms with E-state index < -0.39 is 20.3 Å². The van der Waals surface area contributed by atoms with Crippen LogP contribution in [0.25, 0.3) is 0 Å². The number of carbonyl (C=O) groups is 1. The molecule has 3 aromatic rings. The van der Waals surface area contributed by atoms with Gasteiger partial charge < -0.3 is 10.3 Å². The number of carbonyl (C=O) groups excluding carboxylic acids is 1. The average Bonchev–Trinajstić information content (AvgIpc) is 2.68. The van der Waals surface area contributed by atoms with Crippen molar-refractivity contribution >= 4 is 44.8 Å². The molecular weight excluding hydrogens is 446 g/mol. The Labute approximate surface area is 182 Å². The van der Waals surface area contributed by atoms with Gasteiger partial charge in [0, 0.05) is 10.7 Å². The zero-order valence-electron chi connectivity index (χ0n) is 16.1. The summed E-state index contributed by atoms with van der Waals surface area (Å²) in [6.45, 7) is 3.44. The minimum Gasteiger partial charge on any atom is -0.325 e. The van der Waals surface area contributed by atoms with Crippen molar-refractivity contribution in [1.82, 2.24) is 9.97 Å². The summed E-state index contributed by atoms with van der Waals surface area (Å²) in [6, 6.07) is 11.7. The number of aromatic amines is 1. The third-order valence-electron chi connectivity index (χ3n) is 4.11. The molecule has 0 radical (unpaired) electrons. The second-order valence-corrected chi connectivity index (χ2v) is 9.79. The Bertz CT molecular complexity index is 1270. The van der Waals surface area contributed by atoms with E-state index in [2.05, 4.69) is 15.3 Å². The number of halogens is 1. The van der Waals surface area contributed by atoms with E-state index in [1.165, 1.54) is 6.07 Å². The molecule has 0 unspecified atom stereocenters. The van der Waals surface area contributed by atoms with Gasteiger partial charge in [-0.25, -0.2) is 13.4 Å². The summed E-state index contributed by atoms with van der Waals surface area (Å²) in [4.78, 5) is 30.6. The molecule has 0 aliphatic rings. The van der Waals surface area contributed by atoms with Gasteiger partial charge in [0.1, 0.15) is 0 Å². The van der Waals surface area contributed by atoms with Crippen LogP contribution in [-0.2, 0) is 14.6 Å². The summed E-state index contributed by atoms with van der Waals surface area (Å²) >= 11 is 6.86. The lowest BCUT2D eigenvalue weighted by molar-refractivity contribution is -0.113. The maximum atomic E-state index is 12.9. The van der Waals surface area contributed by atoms with E-state index in [9.17, 15) is 18.0 Å². The molecular formula is C20H18ClN3O4S2. The molecule has 156 valence electrons. The van der Waals surface area contributed by atoms with Gasteiger partial charge in [0.25, 0.3) is 5.56 Å². The van der Waals surface area contributed by atoms with Crippen LogP contribution >= 0.6 is 23.4 Å². The molecule has 2 aromatic carbocycles. The van der Waals surface area contributed by atoms with E-state index in [1.807, 2.05) is 0 Å². The number of anilines is 1. The summed E-state index contributed by atoms with van der Waals surface area (Å²) in [5, 5.41) is 3.31. The number of H-pyrrole nitrogens is 1. The number of hydrogen-bond donors (Lipinski definition) is 2. The number of benzene rings is 2. The van der Waals surface area contributed by atoms with Crippen molar-refractivity contribution in [2.45, 2.75) is 28.8 Å². The van der Waals surface area contributed by atoms with Crippen LogP contribution in [0.3, 0.4) is 0 Å². The van der Waals surface area contributed by atoms with Crippen molar-refractivity contribution in [3.8, 4) is 0 Å². The van der Waals surface area contributed by atoms with E-state index >= 15 is 0 Å². The summed E-state index contributed by atoms with van der Waals surface area (Å²) in [7, 11) is -4.02. The van der Waals surface area contributed by atoms with Crippen LogP contribution < -0.4 is 10.9 Å². The Hall–Kier alpha value is -2.62. The smallest absolute Gasteiger partial charge is 0.270 e. The summed E-state index contributed by atoms with van der Waals surface area (Å²) in [5.74, 6) is -0.351. The predicted molar refractivity (Wildman–Crippen MR) is 117 cm³/mol. The molecule has 0 fully saturated rings. The van der Waals surface area contributed by atoms with Crippen molar-refractivity contribution in [1.29, 1.82) is 0 Å². The van der Waals surface area contributed by atoms with Crippen molar-refractivity contribution in [2.75, 3.05) is 11.1 Å². The molecule has 0 aliphatic carbocycles. The molecule has 0 spiro atoms. The van der Waals surface area contributed by atoms with E-state index in [1.54, 1.807) is 50.2 Å². The van der Waals surface area contributed by atoms with E-state index in [0.717, 1.165) is 23.5 Å². The molecule has 1 heterocycles. The van der Waals surface area contributed by atoms with Crippen LogP contribution in [0.4, 0.5) is 5.69 Å². The standard InChI is InChI=1S/C20H18ClN3O4S2/c1-12-6-7-13(2)16(8-12)30(27,28)17-10-22-20(24-19(17)26)29-11-18(25)23-15-5-3-4-14(21)9-15/h3-10H,11H2,1-2H3,(H,23,25)(H,22,24,26). The Balaban J connectivity index is 1.74. The number of amides is 1. The average molecular weight is 464 g/mol. The highest BCUT2D eigenvalue weighted by Crippen LogP contribution is 2.23. The molecule has 10 heteroatoms. The van der Waals surface area contributed by atoms with Gasteiger partial charge in [-0.05, 0) is 49.2 Å². The highest BCUT2D eigenvalue weighted by Gasteiger charge is 2.24. The fraction of sp³-hybridized carbons (Fsp3) is 0.150. The third-order valence-corrected chi connectivity index (χ3v) is 7.13. The fourth-order valence-electron chi connectivity index (χ4n) is 2.64. The maximum Gasteiger partial charge on any atom is 0.270 e. The van der Waals surface area contributed by atoms with Crippen LogP contribution in [0.2, 0.25) is 5.02 Å². The number of aryl methyl sites for hydroxylation is 2. The van der Waals surface area contributed by atoms with Crippen LogP contribution in [0.15, 0.2) is 68.4 Å². The maximum absolute atomic E-state index is 12.9. The molecule has 30 heavy (non-hydrogen) atoms. The minimum atomic E-state index is -4.02. The molecule has 7 nitrogen and oxygen atoms in total. The molecule has 0 saturated carbocycles. The fourth-order valence-corrected chi connectivity index (χ4v) is 5.02. The monoisotopic (exact) mass is 463 g/mol. The highest BCUT2D eigenvalue weighted by molar-refractivity contribution is 7.99. The Morgan fingerprint density at radius 1 is 1.17 bits per heavy atom. The van der Waals surface area contributed by atoms with E-state index in [0.29, 0.717) is 16.3 Å². The third kappa shape index (κ3) is 5.10. The molecule has 0 saturated heterocycles. The van der Waals surface area contributed by atoms with Gasteiger partial charge in [0.2, 0.25) is 15.7 Å². The molecule has 1 amide bonds. The number of hydrogen-bond acceptors (Lipinski definition) is 6. The number of aromatic nitrogens is 2. The van der Waals surface area contributed by atoms with Gasteiger partial charge in [-0.2, -0.15) is 0 Å². The number of thioether (sulfide) groups is 1. The number of nitrogens with zero attached hydrogens (tertiary/aromatic N) is 1. The lowest BCUT2D eigenvalue weighted by Crippen LogP contribution is -2.20. The lowest BCUT2D eigenvalue weighted by atomic mass is 10.2. The number of rotatable bonds is 6. The van der Waals surface area contributed by atoms with Crippen LogP contribution in [0, 0.1) is 13.8 Å². The summed E-state index contributed by atoms with van der Waals surface area (Å²) in [6.07, 6.45) is 1.02. The summed E-state index contributed by atoms with van der Waals surface area (Å²) in [5.41, 5.74) is 1.06. The highest BCUT2D eigenvalue weighted by atomic mass is 35.5. The molecule has 0 bridgehead atoms. The largest absolute Gasteiger partial charge is 0.325 e. The van der Waals surface area contributed by atoms with Gasteiger partial charge >= 0.3 is 0 Å². The Kier molecular flexibility index (Phi) is 6.64. The second kappa shape index (κ2) is 9.03. The van der Waals surface area contributed by atoms with Crippen molar-refractivity contribution in [3.05, 3.63) is 75.2 Å². The first-order valence-electron chi connectivity index (χ1n) is 8.77. The molecule has 1 aromatic heterocycles. The predicted octanol–water partition coefficient (Wildman–Crippen LogP) is 3.60. The number of nitrogens with one attached hydrogen (secondary N) is 2. The van der Waals surface area contributed by atoms with Crippen LogP contribution in [0.5, 0.6) is 0 Å². The number of sulfone groups is 1. The van der Waals surface area contributed by atoms with E-state index in [-0.39, 0.29) is 21.7 Å². The van der Waals surface area contributed by atoms with Crippen molar-refractivity contribution < 1.29 is 13.2 Å². The topological polar surface area (TPSA) is 109 Å². The minimum absolute atomic E-state index is 0.0292. The van der Waals surface area contributed by atoms with Gasteiger partial charge in [-0.3, -0.25) is 9.59 Å². The SMILES string of the molecule is Cc1ccc(C)c(S(=O)(=O)c2cnc(SCC(=O)Nc3cccc(Cl)c3)[nH]c2=O)c1. The van der Waals surface area contributed by atoms with E-state index in [4.69, 9.17) is 11.6 Å². The zero-order chi connectivity index (χ0) is 21.9. The van der Waals surface area contributed by atoms with Gasteiger partial charge in [0.15, 0.2) is 10.1 Å². The molecule has 2 N–H and O–H groups in total. The quantitative estimate of drug-likeness (QED) is 0.427. The Morgan fingerprint density at radius 3 is 2.63 bits per heavy atom. The first kappa shape index (κ1) is 22.1. The van der Waals surface area contributed by atoms with Crippen LogP contribution in [0.1, 0.15) is 11.1 Å². The Morgan fingerprint density at radius 2 is 1.93 bits per heavy atom. The van der Waals surface area contributed by atoms with Crippen LogP contribution in [-0.4, -0.2) is 30.0 Å². The first-order valence-corrected chi connectivity index (χ1v) is 11.6. The first-order chi connectivity index (χ1) is 14.2. The van der Waals surface area contributed by atoms with Gasteiger partial charge in [-0.15, -0.1) is 0 Å². The zero-order valence-corrected chi connectivity index (χ0v) is 18.5. The lowest BCUT2D eigenvalue weighted by Gasteiger charge is -2.09. The van der Waals surface area contributed by atoms with Crippen molar-refractivity contribution in [2.24, 2.45) is 0 Å². The molecule has 0 aliphatic heterocycles. The van der Waals surface area contributed by atoms with Crippen molar-refractivity contribution in [3.63, 3.8) is 0 Å². The summed E-state index contributed by atoms with van der Waals surface area (Å²) < 4.78 is 25.8. The molecule has 3 rings (SSSR count). The second-order valence-electron chi connectivity index (χ2n) is 6.50. The van der Waals surface area contributed by atoms with Gasteiger partial charge in [-0.1, -0.05) is 41.6 Å². The van der Waals surface area contributed by atoms with Gasteiger partial charge in [0.05, 0.1) is 16.8 Å². The normalized spacial score (nSPS) is 11.3. The molecule has 0 atom stereocenters.